The third-order valence-corrected chi connectivity index (χ3v) is 18.6. The lowest BCUT2D eigenvalue weighted by atomic mass is 9.80. The van der Waals surface area contributed by atoms with Crippen molar-refractivity contribution >= 4 is 90.3 Å². The standard InChI is InChI=1S/C80H78F4N6O14/c1-41(2)29-59(79(97)87(37-43(5)6)27-25-65(91)85-35-53-39-99-53)89-75(93)55-31-61(101-49-17-9-45(81)10-18-49)69-71-63(103-51-21-13-47(83)14-22-51)33-57-68-58(78(96)90(77(57)95)60(30-42(3)4)80(98)88(38-44(7)8)28-26-66(92)86-36-54-40-100-54)34-64(104-52-23-15-48(84)16-24-52)72(74(68)71)70-62(102-50-19-11-46(82)12-20-50)32-56(76(89)94)67(55)73(69)70/h9-24,31-34,41-44,53-54,59-60H,25-30,35-40H2,1-8H3,(H,85,91)(H,86,92). The van der Waals surface area contributed by atoms with Gasteiger partial charge in [0.2, 0.25) is 23.6 Å². The van der Waals surface area contributed by atoms with Gasteiger partial charge in [-0.1, -0.05) is 55.4 Å². The molecule has 4 unspecified atom stereocenters. The third kappa shape index (κ3) is 14.9. The molecule has 0 saturated carbocycles. The summed E-state index contributed by atoms with van der Waals surface area (Å²) in [5.74, 6) is -9.98. The number of amides is 8. The number of nitrogens with zero attached hydrogens (tertiary/aromatic N) is 4. The van der Waals surface area contributed by atoms with Gasteiger partial charge in [-0.05, 0) is 158 Å². The second kappa shape index (κ2) is 29.6. The summed E-state index contributed by atoms with van der Waals surface area (Å²) in [4.78, 5) is 128. The minimum atomic E-state index is -1.50. The van der Waals surface area contributed by atoms with Gasteiger partial charge in [-0.25, -0.2) is 17.6 Å². The Morgan fingerprint density at radius 1 is 0.413 bits per heavy atom. The van der Waals surface area contributed by atoms with Crippen molar-refractivity contribution in [2.45, 2.75) is 105 Å². The van der Waals surface area contributed by atoms with Crippen LogP contribution >= 0.6 is 0 Å². The first kappa shape index (κ1) is 71.7. The number of carbonyl (C=O) groups is 8. The van der Waals surface area contributed by atoms with Crippen molar-refractivity contribution in [1.82, 2.24) is 30.2 Å². The zero-order chi connectivity index (χ0) is 73.7. The van der Waals surface area contributed by atoms with Crippen LogP contribution in [0.5, 0.6) is 46.0 Å². The highest BCUT2D eigenvalue weighted by Crippen LogP contribution is 2.58. The van der Waals surface area contributed by atoms with Gasteiger partial charge in [0.05, 0.1) is 47.7 Å². The van der Waals surface area contributed by atoms with Crippen molar-refractivity contribution < 1.29 is 84.3 Å². The lowest BCUT2D eigenvalue weighted by Crippen LogP contribution is -2.56. The molecule has 2 fully saturated rings. The van der Waals surface area contributed by atoms with Crippen LogP contribution in [0.2, 0.25) is 0 Å². The second-order valence-corrected chi connectivity index (χ2v) is 28.5. The Morgan fingerprint density at radius 2 is 0.673 bits per heavy atom. The normalized spacial score (nSPS) is 16.0. The highest BCUT2D eigenvalue weighted by Gasteiger charge is 2.48. The number of hydrogen-bond acceptors (Lipinski definition) is 14. The van der Waals surface area contributed by atoms with Crippen LogP contribution in [0.3, 0.4) is 0 Å². The van der Waals surface area contributed by atoms with Crippen LogP contribution in [0, 0.1) is 46.9 Å². The summed E-state index contributed by atoms with van der Waals surface area (Å²) in [5.41, 5.74) is -0.772. The van der Waals surface area contributed by atoms with E-state index in [1.165, 1.54) is 82.6 Å². The Balaban J connectivity index is 1.11. The lowest BCUT2D eigenvalue weighted by molar-refractivity contribution is -0.138. The first-order chi connectivity index (χ1) is 49.8. The van der Waals surface area contributed by atoms with Gasteiger partial charge in [0.1, 0.15) is 81.3 Å². The number of ether oxygens (including phenoxy) is 6. The largest absolute Gasteiger partial charge is 0.457 e. The Hall–Kier alpha value is -10.7. The van der Waals surface area contributed by atoms with Crippen molar-refractivity contribution in [1.29, 1.82) is 0 Å². The van der Waals surface area contributed by atoms with Crippen LogP contribution < -0.4 is 29.6 Å². The molecule has 4 atom stereocenters. The number of hydrogen-bond donors (Lipinski definition) is 2. The molecule has 9 aromatic rings. The monoisotopic (exact) mass is 1420 g/mol. The Labute approximate surface area is 596 Å². The fourth-order valence-electron chi connectivity index (χ4n) is 13.8. The van der Waals surface area contributed by atoms with E-state index in [0.717, 1.165) is 58.3 Å². The van der Waals surface area contributed by atoms with E-state index in [9.17, 15) is 9.59 Å². The summed E-state index contributed by atoms with van der Waals surface area (Å²) >= 11 is 0. The molecule has 0 aromatic heterocycles. The number of benzene rings is 9. The van der Waals surface area contributed by atoms with E-state index in [-0.39, 0.29) is 224 Å². The SMILES string of the molecule is CC(C)CC(C(=O)N(CCC(=O)NCC1CO1)CC(C)C)N1C(=O)c2cc(Oc3ccc(F)cc3)c3c4c(Oc5ccc(F)cc5)cc5c6c(cc(Oc7ccc(F)cc7)c(c7c(Oc8ccc(F)cc8)cc(c2c37)C1=O)c64)C(=O)N(C(CC(C)C)C(=O)N(CCC(=O)NCC1CO1)CC(C)C)C5=O. The highest BCUT2D eigenvalue weighted by molar-refractivity contribution is 6.45. The van der Waals surface area contributed by atoms with Crippen LogP contribution in [0.1, 0.15) is 123 Å². The maximum Gasteiger partial charge on any atom is 0.262 e. The van der Waals surface area contributed by atoms with Gasteiger partial charge in [0, 0.05) is 95.2 Å². The summed E-state index contributed by atoms with van der Waals surface area (Å²) < 4.78 is 98.7. The van der Waals surface area contributed by atoms with Gasteiger partial charge in [0.25, 0.3) is 23.6 Å². The Bertz CT molecular complexity index is 4340. The Kier molecular flexibility index (Phi) is 20.4. The topological polar surface area (TPSA) is 236 Å². The van der Waals surface area contributed by atoms with Gasteiger partial charge >= 0.3 is 0 Å². The number of rotatable bonds is 30. The van der Waals surface area contributed by atoms with Crippen molar-refractivity contribution in [2.24, 2.45) is 23.7 Å². The van der Waals surface area contributed by atoms with E-state index >= 15 is 46.3 Å². The molecule has 4 heterocycles. The van der Waals surface area contributed by atoms with Crippen LogP contribution in [-0.2, 0) is 28.7 Å². The molecule has 0 radical (unpaired) electrons. The third-order valence-electron chi connectivity index (χ3n) is 18.6. The molecule has 4 aliphatic rings. The van der Waals surface area contributed by atoms with Crippen LogP contribution in [0.4, 0.5) is 17.6 Å². The van der Waals surface area contributed by atoms with E-state index in [4.69, 9.17) is 28.4 Å². The number of carbonyl (C=O) groups excluding carboxylic acids is 8. The molecule has 9 aromatic carbocycles. The minimum Gasteiger partial charge on any atom is -0.457 e. The second-order valence-electron chi connectivity index (χ2n) is 28.5. The molecule has 8 amide bonds. The number of epoxide rings is 2. The molecule has 0 bridgehead atoms. The maximum absolute atomic E-state index is 16.4. The molecule has 2 saturated heterocycles. The average molecular weight is 1420 g/mol. The minimum absolute atomic E-state index is 0.00786. The number of halogens is 4. The molecular formula is C80H78F4N6O14. The predicted octanol–water partition coefficient (Wildman–Crippen LogP) is 14.3. The fraction of sp³-hybridized carbons (Fsp3) is 0.350. The Morgan fingerprint density at radius 3 is 0.904 bits per heavy atom. The molecule has 0 aliphatic carbocycles. The first-order valence-corrected chi connectivity index (χ1v) is 35.0. The van der Waals surface area contributed by atoms with Gasteiger partial charge in [0.15, 0.2) is 0 Å². The number of imide groups is 2. The van der Waals surface area contributed by atoms with E-state index < -0.39 is 70.8 Å². The zero-order valence-corrected chi connectivity index (χ0v) is 58.7. The number of fused-ring (bicyclic) bond motifs is 2. The fourth-order valence-corrected chi connectivity index (χ4v) is 13.8. The van der Waals surface area contributed by atoms with Crippen LogP contribution in [0.25, 0.3) is 43.1 Å². The van der Waals surface area contributed by atoms with E-state index in [2.05, 4.69) is 10.6 Å². The van der Waals surface area contributed by atoms with Gasteiger partial charge in [-0.3, -0.25) is 48.2 Å². The smallest absolute Gasteiger partial charge is 0.262 e. The summed E-state index contributed by atoms with van der Waals surface area (Å²) in [6.45, 7) is 16.5. The summed E-state index contributed by atoms with van der Waals surface area (Å²) in [6.07, 6.45) is -0.551. The molecule has 24 heteroatoms. The predicted molar refractivity (Wildman–Crippen MR) is 379 cm³/mol. The zero-order valence-electron chi connectivity index (χ0n) is 58.7. The molecule has 13 rings (SSSR count). The molecule has 20 nitrogen and oxygen atoms in total. The van der Waals surface area contributed by atoms with Gasteiger partial charge < -0.3 is 48.9 Å². The van der Waals surface area contributed by atoms with Crippen molar-refractivity contribution in [2.75, 3.05) is 52.5 Å². The lowest BCUT2D eigenvalue weighted by Gasteiger charge is -2.38. The molecule has 4 aliphatic heterocycles. The van der Waals surface area contributed by atoms with E-state index in [0.29, 0.717) is 13.2 Å². The van der Waals surface area contributed by atoms with E-state index in [1.54, 1.807) is 0 Å². The first-order valence-electron chi connectivity index (χ1n) is 35.0. The molecule has 540 valence electrons. The van der Waals surface area contributed by atoms with E-state index in [1.807, 2.05) is 55.4 Å². The maximum atomic E-state index is 16.4. The van der Waals surface area contributed by atoms with Crippen molar-refractivity contribution in [3.63, 3.8) is 0 Å². The van der Waals surface area contributed by atoms with Crippen molar-refractivity contribution in [3.8, 4) is 46.0 Å². The summed E-state index contributed by atoms with van der Waals surface area (Å²) in [5, 5.41) is 5.72. The van der Waals surface area contributed by atoms with Crippen molar-refractivity contribution in [3.05, 3.63) is 167 Å². The molecule has 104 heavy (non-hydrogen) atoms. The summed E-state index contributed by atoms with van der Waals surface area (Å²) in [7, 11) is 0. The molecule has 0 spiro atoms. The van der Waals surface area contributed by atoms with Crippen LogP contribution in [-0.4, -0.2) is 144 Å². The molecule has 2 N–H and O–H groups in total. The van der Waals surface area contributed by atoms with Gasteiger partial charge in [-0.2, -0.15) is 0 Å². The quantitative estimate of drug-likeness (QED) is 0.0140. The highest BCUT2D eigenvalue weighted by atomic mass is 19.1. The average Bonchev–Trinajstić information content (AvgIpc) is 1.06. The number of nitrogens with one attached hydrogen (secondary N) is 2. The van der Waals surface area contributed by atoms with Gasteiger partial charge in [-0.15, -0.1) is 0 Å². The summed E-state index contributed by atoms with van der Waals surface area (Å²) in [6, 6.07) is 22.2. The van der Waals surface area contributed by atoms with Crippen LogP contribution in [0.15, 0.2) is 121 Å². The molecular weight excluding hydrogens is 1340 g/mol.